The highest BCUT2D eigenvalue weighted by atomic mass is 35.5. The van der Waals surface area contributed by atoms with Crippen LogP contribution in [0.2, 0.25) is 5.15 Å². The summed E-state index contributed by atoms with van der Waals surface area (Å²) in [5, 5.41) is 8.75. The van der Waals surface area contributed by atoms with Crippen molar-refractivity contribution in [3.05, 3.63) is 81.9 Å². The van der Waals surface area contributed by atoms with Gasteiger partial charge in [0.25, 0.3) is 5.91 Å². The van der Waals surface area contributed by atoms with Gasteiger partial charge in [-0.25, -0.2) is 14.5 Å². The van der Waals surface area contributed by atoms with Crippen LogP contribution >= 0.6 is 11.6 Å². The summed E-state index contributed by atoms with van der Waals surface area (Å²) in [6.07, 6.45) is 1.46. The Kier molecular flexibility index (Phi) is 6.61. The van der Waals surface area contributed by atoms with E-state index in [1.165, 1.54) is 18.3 Å². The van der Waals surface area contributed by atoms with Crippen molar-refractivity contribution in [2.75, 3.05) is 6.61 Å². The molecule has 3 aromatic rings. The number of benzene rings is 2. The van der Waals surface area contributed by atoms with Gasteiger partial charge in [0.05, 0.1) is 30.6 Å². The van der Waals surface area contributed by atoms with Crippen molar-refractivity contribution < 1.29 is 13.9 Å². The Morgan fingerprint density at radius 2 is 1.93 bits per heavy atom. The predicted octanol–water partition coefficient (Wildman–Crippen LogP) is 4.19. The van der Waals surface area contributed by atoms with Crippen LogP contribution in [-0.2, 0) is 6.54 Å². The molecule has 0 radical (unpaired) electrons. The molecule has 0 bridgehead atoms. The van der Waals surface area contributed by atoms with Crippen molar-refractivity contribution in [1.29, 1.82) is 0 Å². The average molecular weight is 415 g/mol. The average Bonchev–Trinajstić information content (AvgIpc) is 2.98. The maximum absolute atomic E-state index is 13.0. The fourth-order valence-electron chi connectivity index (χ4n) is 2.67. The number of amides is 1. The van der Waals surface area contributed by atoms with E-state index in [-0.39, 0.29) is 11.7 Å². The van der Waals surface area contributed by atoms with E-state index < -0.39 is 0 Å². The lowest BCUT2D eigenvalue weighted by atomic mass is 10.2. The highest BCUT2D eigenvalue weighted by Crippen LogP contribution is 2.19. The molecule has 0 spiro atoms. The normalized spacial score (nSPS) is 11.0. The zero-order valence-electron chi connectivity index (χ0n) is 16.0. The lowest BCUT2D eigenvalue weighted by Gasteiger charge is -2.04. The molecule has 0 aliphatic heterocycles. The molecule has 29 heavy (non-hydrogen) atoms. The van der Waals surface area contributed by atoms with Gasteiger partial charge in [-0.2, -0.15) is 10.2 Å². The first-order chi connectivity index (χ1) is 14.0. The number of aryl methyl sites for hydroxylation is 1. The quantitative estimate of drug-likeness (QED) is 0.465. The Morgan fingerprint density at radius 1 is 1.24 bits per heavy atom. The second-order valence-electron chi connectivity index (χ2n) is 6.23. The molecule has 0 aliphatic rings. The lowest BCUT2D eigenvalue weighted by molar-refractivity contribution is 0.0955. The standard InChI is InChI=1S/C21H20ClFN4O2/c1-3-29-18-10-6-16(7-11-18)21(28)25-24-12-19-14(2)26-27(20(19)22)13-15-4-8-17(23)9-5-15/h4-12H,3,13H2,1-2H3,(H,25,28)/b24-12-. The first-order valence-corrected chi connectivity index (χ1v) is 9.39. The van der Waals surface area contributed by atoms with Gasteiger partial charge in [-0.15, -0.1) is 0 Å². The summed E-state index contributed by atoms with van der Waals surface area (Å²) in [6.45, 7) is 4.64. The van der Waals surface area contributed by atoms with Crippen molar-refractivity contribution in [2.24, 2.45) is 5.10 Å². The number of halogens is 2. The molecule has 8 heteroatoms. The van der Waals surface area contributed by atoms with Crippen molar-refractivity contribution in [1.82, 2.24) is 15.2 Å². The summed E-state index contributed by atoms with van der Waals surface area (Å²) >= 11 is 6.40. The molecule has 1 amide bonds. The van der Waals surface area contributed by atoms with E-state index in [1.807, 2.05) is 6.92 Å². The maximum atomic E-state index is 13.0. The van der Waals surface area contributed by atoms with Crippen LogP contribution in [0.4, 0.5) is 4.39 Å². The van der Waals surface area contributed by atoms with E-state index in [0.717, 1.165) is 5.56 Å². The number of hydrazone groups is 1. The van der Waals surface area contributed by atoms with Crippen LogP contribution in [-0.4, -0.2) is 28.5 Å². The van der Waals surface area contributed by atoms with Gasteiger partial charge in [-0.3, -0.25) is 4.79 Å². The van der Waals surface area contributed by atoms with Gasteiger partial charge in [-0.1, -0.05) is 23.7 Å². The second kappa shape index (κ2) is 9.34. The number of hydrogen-bond acceptors (Lipinski definition) is 4. The Balaban J connectivity index is 1.66. The highest BCUT2D eigenvalue weighted by molar-refractivity contribution is 6.32. The number of ether oxygens (including phenoxy) is 1. The van der Waals surface area contributed by atoms with Crippen LogP contribution in [0, 0.1) is 12.7 Å². The Labute approximate surface area is 173 Å². The first-order valence-electron chi connectivity index (χ1n) is 9.01. The number of aromatic nitrogens is 2. The molecule has 0 atom stereocenters. The SMILES string of the molecule is CCOc1ccc(C(=O)N/N=C\c2c(C)nn(Cc3ccc(F)cc3)c2Cl)cc1. The van der Waals surface area contributed by atoms with E-state index in [0.29, 0.717) is 40.9 Å². The fraction of sp³-hybridized carbons (Fsp3) is 0.190. The molecule has 0 saturated carbocycles. The Morgan fingerprint density at radius 3 is 2.59 bits per heavy atom. The summed E-state index contributed by atoms with van der Waals surface area (Å²) < 4.78 is 20.0. The molecule has 1 heterocycles. The number of hydrogen-bond donors (Lipinski definition) is 1. The topological polar surface area (TPSA) is 68.5 Å². The fourth-order valence-corrected chi connectivity index (χ4v) is 2.95. The van der Waals surface area contributed by atoms with Crippen molar-refractivity contribution >= 4 is 23.7 Å². The zero-order chi connectivity index (χ0) is 20.8. The summed E-state index contributed by atoms with van der Waals surface area (Å²) in [7, 11) is 0. The monoisotopic (exact) mass is 414 g/mol. The molecule has 2 aromatic carbocycles. The lowest BCUT2D eigenvalue weighted by Crippen LogP contribution is -2.17. The number of nitrogens with zero attached hydrogens (tertiary/aromatic N) is 3. The highest BCUT2D eigenvalue weighted by Gasteiger charge is 2.12. The third-order valence-electron chi connectivity index (χ3n) is 4.14. The summed E-state index contributed by atoms with van der Waals surface area (Å²) in [4.78, 5) is 12.2. The predicted molar refractivity (Wildman–Crippen MR) is 110 cm³/mol. The minimum absolute atomic E-state index is 0.299. The molecule has 150 valence electrons. The molecule has 1 aromatic heterocycles. The van der Waals surface area contributed by atoms with Crippen molar-refractivity contribution in [3.63, 3.8) is 0 Å². The Bertz CT molecular complexity index is 1010. The molecule has 0 aliphatic carbocycles. The second-order valence-corrected chi connectivity index (χ2v) is 6.59. The number of carbonyl (C=O) groups is 1. The molecule has 0 unspecified atom stereocenters. The van der Waals surface area contributed by atoms with Gasteiger partial charge in [-0.05, 0) is 55.8 Å². The molecular weight excluding hydrogens is 395 g/mol. The largest absolute Gasteiger partial charge is 0.494 e. The molecule has 0 saturated heterocycles. The van der Waals surface area contributed by atoms with E-state index in [2.05, 4.69) is 15.6 Å². The van der Waals surface area contributed by atoms with Gasteiger partial charge in [0.1, 0.15) is 16.7 Å². The molecule has 6 nitrogen and oxygen atoms in total. The van der Waals surface area contributed by atoms with Crippen LogP contribution in [0.3, 0.4) is 0 Å². The van der Waals surface area contributed by atoms with Gasteiger partial charge in [0.15, 0.2) is 0 Å². The number of carbonyl (C=O) groups excluding carboxylic acids is 1. The van der Waals surface area contributed by atoms with E-state index in [9.17, 15) is 9.18 Å². The minimum atomic E-state index is -0.350. The number of rotatable bonds is 7. The van der Waals surface area contributed by atoms with Gasteiger partial charge in [0, 0.05) is 5.56 Å². The summed E-state index contributed by atoms with van der Waals surface area (Å²) in [5.74, 6) is 0.0490. The van der Waals surface area contributed by atoms with Crippen LogP contribution in [0.25, 0.3) is 0 Å². The van der Waals surface area contributed by atoms with Crippen LogP contribution < -0.4 is 10.2 Å². The molecule has 0 fully saturated rings. The van der Waals surface area contributed by atoms with E-state index in [4.69, 9.17) is 16.3 Å². The summed E-state index contributed by atoms with van der Waals surface area (Å²) in [5.41, 5.74) is 5.05. The van der Waals surface area contributed by atoms with Gasteiger partial charge < -0.3 is 4.74 Å². The smallest absolute Gasteiger partial charge is 0.271 e. The third-order valence-corrected chi connectivity index (χ3v) is 4.54. The van der Waals surface area contributed by atoms with Gasteiger partial charge in [0.2, 0.25) is 0 Å². The van der Waals surface area contributed by atoms with E-state index in [1.54, 1.807) is 48.0 Å². The minimum Gasteiger partial charge on any atom is -0.494 e. The molecule has 1 N–H and O–H groups in total. The molecule has 3 rings (SSSR count). The van der Waals surface area contributed by atoms with Crippen LogP contribution in [0.15, 0.2) is 53.6 Å². The summed E-state index contributed by atoms with van der Waals surface area (Å²) in [6, 6.07) is 12.9. The Hall–Kier alpha value is -3.19. The molecular formula is C21H20ClFN4O2. The van der Waals surface area contributed by atoms with Crippen LogP contribution in [0.5, 0.6) is 5.75 Å². The third kappa shape index (κ3) is 5.20. The number of nitrogens with one attached hydrogen (secondary N) is 1. The van der Waals surface area contributed by atoms with Crippen LogP contribution in [0.1, 0.15) is 34.1 Å². The van der Waals surface area contributed by atoms with Gasteiger partial charge >= 0.3 is 0 Å². The van der Waals surface area contributed by atoms with Crippen molar-refractivity contribution in [2.45, 2.75) is 20.4 Å². The maximum Gasteiger partial charge on any atom is 0.271 e. The zero-order valence-corrected chi connectivity index (χ0v) is 16.8. The van der Waals surface area contributed by atoms with Crippen molar-refractivity contribution in [3.8, 4) is 5.75 Å². The first kappa shape index (κ1) is 20.5. The van der Waals surface area contributed by atoms with E-state index >= 15 is 0 Å².